The fraction of sp³-hybridized carbons (Fsp3) is 0.222. The molecule has 0 N–H and O–H groups in total. The molecular weight excluding hydrogens is 170 g/mol. The molecule has 0 unspecified atom stereocenters. The molecule has 12 heavy (non-hydrogen) atoms. The van der Waals surface area contributed by atoms with Crippen molar-refractivity contribution in [3.63, 3.8) is 0 Å². The van der Waals surface area contributed by atoms with Gasteiger partial charge in [-0.1, -0.05) is 0 Å². The molecule has 0 spiro atoms. The second-order valence-electron chi connectivity index (χ2n) is 2.41. The first-order valence-corrected chi connectivity index (χ1v) is 4.82. The molecule has 0 aromatic heterocycles. The topological polar surface area (TPSA) is 20.3 Å². The lowest BCUT2D eigenvalue weighted by atomic mass is 10.3. The van der Waals surface area contributed by atoms with Crippen molar-refractivity contribution in [2.24, 2.45) is 0 Å². The highest BCUT2D eigenvalue weighted by molar-refractivity contribution is 7.98. The normalized spacial score (nSPS) is 9.50. The summed E-state index contributed by atoms with van der Waals surface area (Å²) in [6, 6.07) is 7.86. The average Bonchev–Trinajstić information content (AvgIpc) is 2.17. The van der Waals surface area contributed by atoms with E-state index in [-0.39, 0.29) is 0 Å². The third kappa shape index (κ3) is 2.01. The zero-order valence-electron chi connectivity index (χ0n) is 7.15. The molecule has 0 aliphatic rings. The number of anilines is 1. The molecule has 0 aliphatic heterocycles. The molecule has 64 valence electrons. The van der Waals surface area contributed by atoms with Crippen LogP contribution < -0.4 is 4.90 Å². The van der Waals surface area contributed by atoms with Gasteiger partial charge >= 0.3 is 0 Å². The summed E-state index contributed by atoms with van der Waals surface area (Å²) in [4.78, 5) is 13.1. The Hall–Kier alpha value is -0.960. The molecule has 0 atom stereocenters. The Kier molecular flexibility index (Phi) is 3.17. The van der Waals surface area contributed by atoms with Gasteiger partial charge in [0.05, 0.1) is 0 Å². The van der Waals surface area contributed by atoms with Crippen LogP contribution >= 0.6 is 11.8 Å². The smallest absolute Gasteiger partial charge is 0.213 e. The molecule has 0 aliphatic carbocycles. The van der Waals surface area contributed by atoms with Crippen LogP contribution in [0.3, 0.4) is 0 Å². The molecule has 0 saturated heterocycles. The first-order valence-electron chi connectivity index (χ1n) is 3.60. The van der Waals surface area contributed by atoms with Gasteiger partial charge in [-0.05, 0) is 30.5 Å². The van der Waals surface area contributed by atoms with E-state index in [1.165, 1.54) is 4.90 Å². The van der Waals surface area contributed by atoms with Crippen molar-refractivity contribution in [1.29, 1.82) is 0 Å². The summed E-state index contributed by atoms with van der Waals surface area (Å²) in [7, 11) is 1.74. The number of rotatable bonds is 3. The van der Waals surface area contributed by atoms with E-state index in [9.17, 15) is 4.79 Å². The van der Waals surface area contributed by atoms with Gasteiger partial charge in [0.2, 0.25) is 6.41 Å². The predicted molar refractivity (Wildman–Crippen MR) is 52.7 cm³/mol. The van der Waals surface area contributed by atoms with Crippen LogP contribution in [0.2, 0.25) is 0 Å². The van der Waals surface area contributed by atoms with Gasteiger partial charge in [-0.15, -0.1) is 11.8 Å². The van der Waals surface area contributed by atoms with E-state index in [1.54, 1.807) is 23.7 Å². The number of carbonyl (C=O) groups is 1. The minimum atomic E-state index is 0.800. The Morgan fingerprint density at radius 3 is 2.33 bits per heavy atom. The van der Waals surface area contributed by atoms with Crippen molar-refractivity contribution in [3.8, 4) is 0 Å². The van der Waals surface area contributed by atoms with E-state index in [0.717, 1.165) is 12.1 Å². The first kappa shape index (κ1) is 9.13. The lowest BCUT2D eigenvalue weighted by Crippen LogP contribution is -2.13. The maximum absolute atomic E-state index is 10.4. The van der Waals surface area contributed by atoms with E-state index in [1.807, 2.05) is 30.5 Å². The third-order valence-corrected chi connectivity index (χ3v) is 2.38. The lowest BCUT2D eigenvalue weighted by Gasteiger charge is -2.10. The van der Waals surface area contributed by atoms with Crippen LogP contribution in [0.4, 0.5) is 5.69 Å². The summed E-state index contributed by atoms with van der Waals surface area (Å²) in [5.74, 6) is 0. The third-order valence-electron chi connectivity index (χ3n) is 1.64. The van der Waals surface area contributed by atoms with Crippen molar-refractivity contribution >= 4 is 23.9 Å². The van der Waals surface area contributed by atoms with E-state index in [2.05, 4.69) is 0 Å². The lowest BCUT2D eigenvalue weighted by molar-refractivity contribution is -0.107. The molecule has 3 heteroatoms. The predicted octanol–water partition coefficient (Wildman–Crippen LogP) is 2.00. The number of hydrogen-bond donors (Lipinski definition) is 0. The summed E-state index contributed by atoms with van der Waals surface area (Å²) in [6.45, 7) is 0. The minimum Gasteiger partial charge on any atom is -0.318 e. The van der Waals surface area contributed by atoms with Gasteiger partial charge in [0.25, 0.3) is 0 Å². The fourth-order valence-corrected chi connectivity index (χ4v) is 1.29. The largest absolute Gasteiger partial charge is 0.318 e. The standard InChI is InChI=1S/C9H11NOS/c1-10(7-11)8-3-5-9(12-2)6-4-8/h3-7H,1-2H3. The summed E-state index contributed by atoms with van der Waals surface area (Å²) >= 11 is 1.69. The van der Waals surface area contributed by atoms with Gasteiger partial charge < -0.3 is 4.90 Å². The van der Waals surface area contributed by atoms with Gasteiger partial charge in [0.1, 0.15) is 0 Å². The average molecular weight is 181 g/mol. The molecular formula is C9H11NOS. The van der Waals surface area contributed by atoms with Crippen molar-refractivity contribution in [1.82, 2.24) is 0 Å². The molecule has 1 aromatic rings. The van der Waals surface area contributed by atoms with Crippen LogP contribution in [0.5, 0.6) is 0 Å². The van der Waals surface area contributed by atoms with Crippen molar-refractivity contribution < 1.29 is 4.79 Å². The maximum Gasteiger partial charge on any atom is 0.213 e. The van der Waals surface area contributed by atoms with Gasteiger partial charge in [0.15, 0.2) is 0 Å². The molecule has 1 aromatic carbocycles. The van der Waals surface area contributed by atoms with Gasteiger partial charge in [-0.3, -0.25) is 4.79 Å². The molecule has 0 radical (unpaired) electrons. The number of benzene rings is 1. The number of nitrogens with zero attached hydrogens (tertiary/aromatic N) is 1. The quantitative estimate of drug-likeness (QED) is 0.525. The van der Waals surface area contributed by atoms with E-state index in [0.29, 0.717) is 0 Å². The highest BCUT2D eigenvalue weighted by atomic mass is 32.2. The highest BCUT2D eigenvalue weighted by Gasteiger charge is 1.96. The summed E-state index contributed by atoms with van der Waals surface area (Å²) < 4.78 is 0. The van der Waals surface area contributed by atoms with Crippen LogP contribution in [0, 0.1) is 0 Å². The number of hydrogen-bond acceptors (Lipinski definition) is 2. The minimum absolute atomic E-state index is 0.800. The summed E-state index contributed by atoms with van der Waals surface area (Å²) in [5, 5.41) is 0. The number of amides is 1. The van der Waals surface area contributed by atoms with E-state index in [4.69, 9.17) is 0 Å². The Bertz CT molecular complexity index is 258. The SMILES string of the molecule is CSc1ccc(N(C)C=O)cc1. The molecule has 2 nitrogen and oxygen atoms in total. The molecule has 1 rings (SSSR count). The summed E-state index contributed by atoms with van der Waals surface area (Å²) in [6.07, 6.45) is 2.83. The molecule has 0 saturated carbocycles. The summed E-state index contributed by atoms with van der Waals surface area (Å²) in [5.41, 5.74) is 0.919. The number of thioether (sulfide) groups is 1. The Balaban J connectivity index is 2.84. The zero-order valence-corrected chi connectivity index (χ0v) is 7.97. The van der Waals surface area contributed by atoms with Crippen LogP contribution in [-0.4, -0.2) is 19.7 Å². The number of carbonyl (C=O) groups excluding carboxylic acids is 1. The maximum atomic E-state index is 10.4. The van der Waals surface area contributed by atoms with Crippen molar-refractivity contribution in [2.75, 3.05) is 18.2 Å². The van der Waals surface area contributed by atoms with Gasteiger partial charge in [-0.2, -0.15) is 0 Å². The van der Waals surface area contributed by atoms with Crippen LogP contribution in [0.25, 0.3) is 0 Å². The highest BCUT2D eigenvalue weighted by Crippen LogP contribution is 2.18. The van der Waals surface area contributed by atoms with E-state index >= 15 is 0 Å². The van der Waals surface area contributed by atoms with Crippen molar-refractivity contribution in [3.05, 3.63) is 24.3 Å². The van der Waals surface area contributed by atoms with Crippen LogP contribution in [0.15, 0.2) is 29.2 Å². The Labute approximate surface area is 76.6 Å². The van der Waals surface area contributed by atoms with Crippen molar-refractivity contribution in [2.45, 2.75) is 4.90 Å². The molecule has 0 bridgehead atoms. The second-order valence-corrected chi connectivity index (χ2v) is 3.29. The first-order chi connectivity index (χ1) is 5.77. The van der Waals surface area contributed by atoms with E-state index < -0.39 is 0 Å². The van der Waals surface area contributed by atoms with Gasteiger partial charge in [-0.25, -0.2) is 0 Å². The molecule has 1 amide bonds. The zero-order chi connectivity index (χ0) is 8.97. The molecule has 0 heterocycles. The monoisotopic (exact) mass is 181 g/mol. The van der Waals surface area contributed by atoms with Gasteiger partial charge in [0, 0.05) is 17.6 Å². The Morgan fingerprint density at radius 1 is 1.33 bits per heavy atom. The van der Waals surface area contributed by atoms with Crippen LogP contribution in [0.1, 0.15) is 0 Å². The van der Waals surface area contributed by atoms with Crippen LogP contribution in [-0.2, 0) is 4.79 Å². The molecule has 0 fully saturated rings. The Morgan fingerprint density at radius 2 is 1.92 bits per heavy atom. The fourth-order valence-electron chi connectivity index (χ4n) is 0.878. The second kappa shape index (κ2) is 4.16.